The molecule has 0 unspecified atom stereocenters. The average Bonchev–Trinajstić information content (AvgIpc) is 3.13. The van der Waals surface area contributed by atoms with Crippen molar-refractivity contribution in [2.75, 3.05) is 32.7 Å². The number of nitrogens with one attached hydrogen (secondary N) is 1. The smallest absolute Gasteiger partial charge is 0.289 e. The van der Waals surface area contributed by atoms with Crippen LogP contribution in [0.5, 0.6) is 0 Å². The predicted octanol–water partition coefficient (Wildman–Crippen LogP) is 1.98. The molecule has 1 saturated carbocycles. The summed E-state index contributed by atoms with van der Waals surface area (Å²) in [6.45, 7) is 7.63. The Morgan fingerprint density at radius 1 is 1.20 bits per heavy atom. The molecule has 0 aromatic carbocycles. The highest BCUT2D eigenvalue weighted by molar-refractivity contribution is 5.91. The molecule has 1 N–H and O–H groups in total. The Hall–Kier alpha value is -1.82. The molecule has 0 bridgehead atoms. The van der Waals surface area contributed by atoms with Crippen LogP contribution < -0.4 is 5.32 Å². The zero-order chi connectivity index (χ0) is 17.8. The molecule has 2 heterocycles. The summed E-state index contributed by atoms with van der Waals surface area (Å²) in [5.41, 5.74) is 0. The summed E-state index contributed by atoms with van der Waals surface area (Å²) in [7, 11) is 0. The minimum atomic E-state index is -0.0703. The zero-order valence-corrected chi connectivity index (χ0v) is 15.2. The van der Waals surface area contributed by atoms with Crippen LogP contribution in [-0.4, -0.2) is 60.4 Å². The first-order valence-electron chi connectivity index (χ1n) is 9.39. The number of nitrogens with zero attached hydrogens (tertiary/aromatic N) is 2. The van der Waals surface area contributed by atoms with E-state index in [2.05, 4.69) is 24.1 Å². The van der Waals surface area contributed by atoms with Crippen molar-refractivity contribution in [3.8, 4) is 0 Å². The highest BCUT2D eigenvalue weighted by Gasteiger charge is 2.29. The minimum Gasteiger partial charge on any atom is -0.459 e. The normalized spacial score (nSPS) is 27.9. The second-order valence-electron chi connectivity index (χ2n) is 7.49. The van der Waals surface area contributed by atoms with Crippen LogP contribution in [0.3, 0.4) is 0 Å². The van der Waals surface area contributed by atoms with Crippen LogP contribution in [0.1, 0.15) is 43.7 Å². The van der Waals surface area contributed by atoms with Crippen LogP contribution in [0.4, 0.5) is 0 Å². The van der Waals surface area contributed by atoms with Crippen LogP contribution in [0.25, 0.3) is 0 Å². The average molecular weight is 347 g/mol. The van der Waals surface area contributed by atoms with E-state index in [1.54, 1.807) is 17.0 Å². The lowest BCUT2D eigenvalue weighted by molar-refractivity contribution is -0.124. The van der Waals surface area contributed by atoms with Gasteiger partial charge < -0.3 is 14.6 Å². The molecular formula is C19H29N3O3. The summed E-state index contributed by atoms with van der Waals surface area (Å²) in [4.78, 5) is 28.6. The van der Waals surface area contributed by atoms with E-state index in [1.165, 1.54) is 19.1 Å². The van der Waals surface area contributed by atoms with Gasteiger partial charge in [0, 0.05) is 32.2 Å². The van der Waals surface area contributed by atoms with Gasteiger partial charge in [-0.1, -0.05) is 26.7 Å². The van der Waals surface area contributed by atoms with Crippen LogP contribution in [0.15, 0.2) is 22.8 Å². The van der Waals surface area contributed by atoms with Crippen LogP contribution in [0, 0.1) is 11.8 Å². The first-order valence-corrected chi connectivity index (χ1v) is 9.39. The Bertz CT molecular complexity index is 579. The Balaban J connectivity index is 1.42. The minimum absolute atomic E-state index is 0.0703. The van der Waals surface area contributed by atoms with Crippen LogP contribution in [-0.2, 0) is 4.79 Å². The van der Waals surface area contributed by atoms with Gasteiger partial charge in [0.2, 0.25) is 5.91 Å². The van der Waals surface area contributed by atoms with Gasteiger partial charge in [0.05, 0.1) is 12.8 Å². The molecule has 2 aliphatic rings. The number of amides is 2. The molecule has 1 aliphatic carbocycles. The second kappa shape index (κ2) is 8.04. The van der Waals surface area contributed by atoms with E-state index in [4.69, 9.17) is 4.42 Å². The van der Waals surface area contributed by atoms with Crippen molar-refractivity contribution < 1.29 is 14.0 Å². The van der Waals surface area contributed by atoms with Crippen LogP contribution >= 0.6 is 0 Å². The molecule has 0 spiro atoms. The van der Waals surface area contributed by atoms with Gasteiger partial charge in [-0.15, -0.1) is 0 Å². The van der Waals surface area contributed by atoms with Crippen molar-refractivity contribution >= 4 is 11.8 Å². The van der Waals surface area contributed by atoms with Gasteiger partial charge in [-0.2, -0.15) is 0 Å². The van der Waals surface area contributed by atoms with Crippen molar-refractivity contribution in [3.05, 3.63) is 24.2 Å². The van der Waals surface area contributed by atoms with Gasteiger partial charge in [0.25, 0.3) is 5.91 Å². The molecule has 3 atom stereocenters. The fourth-order valence-electron chi connectivity index (χ4n) is 3.91. The molecule has 2 amide bonds. The molecule has 3 rings (SSSR count). The number of furan rings is 1. The van der Waals surface area contributed by atoms with Crippen molar-refractivity contribution in [2.24, 2.45) is 11.8 Å². The summed E-state index contributed by atoms with van der Waals surface area (Å²) in [6.07, 6.45) is 5.06. The molecule has 25 heavy (non-hydrogen) atoms. The molecule has 1 aromatic heterocycles. The van der Waals surface area contributed by atoms with E-state index in [9.17, 15) is 9.59 Å². The number of hydrogen-bond donors (Lipinski definition) is 1. The molecule has 6 heteroatoms. The number of rotatable bonds is 4. The molecule has 2 fully saturated rings. The monoisotopic (exact) mass is 347 g/mol. The zero-order valence-electron chi connectivity index (χ0n) is 15.2. The van der Waals surface area contributed by atoms with E-state index in [0.717, 1.165) is 19.5 Å². The summed E-state index contributed by atoms with van der Waals surface area (Å²) in [5, 5.41) is 3.23. The maximum atomic E-state index is 12.4. The van der Waals surface area contributed by atoms with Crippen molar-refractivity contribution in [1.29, 1.82) is 0 Å². The van der Waals surface area contributed by atoms with Crippen molar-refractivity contribution in [3.63, 3.8) is 0 Å². The lowest BCUT2D eigenvalue weighted by Gasteiger charge is -2.36. The summed E-state index contributed by atoms with van der Waals surface area (Å²) < 4.78 is 5.17. The quantitative estimate of drug-likeness (QED) is 0.904. The van der Waals surface area contributed by atoms with Gasteiger partial charge in [-0.25, -0.2) is 0 Å². The highest BCUT2D eigenvalue weighted by atomic mass is 16.3. The maximum Gasteiger partial charge on any atom is 0.289 e. The summed E-state index contributed by atoms with van der Waals surface area (Å²) in [5.74, 6) is 1.64. The number of piperazine rings is 1. The van der Waals surface area contributed by atoms with Gasteiger partial charge in [0.1, 0.15) is 0 Å². The number of carbonyl (C=O) groups is 2. The Morgan fingerprint density at radius 3 is 2.64 bits per heavy atom. The second-order valence-corrected chi connectivity index (χ2v) is 7.49. The molecule has 0 radical (unpaired) electrons. The maximum absolute atomic E-state index is 12.4. The third kappa shape index (κ3) is 4.42. The van der Waals surface area contributed by atoms with Gasteiger partial charge in [-0.05, 0) is 30.4 Å². The SMILES string of the molecule is C[C@@H]1[C@H](C)CCC[C@@H]1NC(=O)CN1CCN(C(=O)c2ccco2)CC1. The van der Waals surface area contributed by atoms with E-state index in [0.29, 0.717) is 43.3 Å². The molecule has 1 aliphatic heterocycles. The van der Waals surface area contributed by atoms with Gasteiger partial charge in [0.15, 0.2) is 5.76 Å². The topological polar surface area (TPSA) is 65.8 Å². The Kier molecular flexibility index (Phi) is 5.78. The lowest BCUT2D eigenvalue weighted by Crippen LogP contribution is -2.53. The van der Waals surface area contributed by atoms with E-state index < -0.39 is 0 Å². The van der Waals surface area contributed by atoms with Crippen LogP contribution in [0.2, 0.25) is 0 Å². The third-order valence-corrected chi connectivity index (χ3v) is 5.81. The van der Waals surface area contributed by atoms with Crippen molar-refractivity contribution in [1.82, 2.24) is 15.1 Å². The lowest BCUT2D eigenvalue weighted by atomic mass is 9.78. The highest BCUT2D eigenvalue weighted by Crippen LogP contribution is 2.29. The first kappa shape index (κ1) is 18.0. The van der Waals surface area contributed by atoms with E-state index in [1.807, 2.05) is 0 Å². The number of carbonyl (C=O) groups excluding carboxylic acids is 2. The predicted molar refractivity (Wildman–Crippen MR) is 95.2 cm³/mol. The summed E-state index contributed by atoms with van der Waals surface area (Å²) >= 11 is 0. The molecule has 6 nitrogen and oxygen atoms in total. The fourth-order valence-corrected chi connectivity index (χ4v) is 3.91. The molecule has 1 saturated heterocycles. The third-order valence-electron chi connectivity index (χ3n) is 5.81. The Labute approximate surface area is 149 Å². The molecular weight excluding hydrogens is 318 g/mol. The fraction of sp³-hybridized carbons (Fsp3) is 0.684. The molecule has 1 aromatic rings. The summed E-state index contributed by atoms with van der Waals surface area (Å²) in [6, 6.07) is 3.72. The molecule has 138 valence electrons. The Morgan fingerprint density at radius 2 is 1.96 bits per heavy atom. The number of hydrogen-bond acceptors (Lipinski definition) is 4. The standard InChI is InChI=1S/C19H29N3O3/c1-14-5-3-6-16(15(14)2)20-18(23)13-21-8-10-22(11-9-21)19(24)17-7-4-12-25-17/h4,7,12,14-16H,3,5-6,8-11,13H2,1-2H3,(H,20,23)/t14-,15-,16+/m1/s1. The van der Waals surface area contributed by atoms with E-state index >= 15 is 0 Å². The van der Waals surface area contributed by atoms with Gasteiger partial charge in [-0.3, -0.25) is 14.5 Å². The van der Waals surface area contributed by atoms with Gasteiger partial charge >= 0.3 is 0 Å². The van der Waals surface area contributed by atoms with E-state index in [-0.39, 0.29) is 11.8 Å². The van der Waals surface area contributed by atoms with Crippen molar-refractivity contribution in [2.45, 2.75) is 39.2 Å². The largest absolute Gasteiger partial charge is 0.459 e. The first-order chi connectivity index (χ1) is 12.0.